The lowest BCUT2D eigenvalue weighted by Crippen LogP contribution is -2.52. The fourth-order valence-electron chi connectivity index (χ4n) is 4.29. The third-order valence-electron chi connectivity index (χ3n) is 6.38. The molecule has 0 spiro atoms. The quantitative estimate of drug-likeness (QED) is 0.601. The molecule has 8 nitrogen and oxygen atoms in total. The van der Waals surface area contributed by atoms with Gasteiger partial charge < -0.3 is 9.42 Å². The van der Waals surface area contributed by atoms with Crippen LogP contribution in [-0.4, -0.2) is 72.4 Å². The molecule has 0 N–H and O–H groups in total. The van der Waals surface area contributed by atoms with Crippen molar-refractivity contribution >= 4 is 15.9 Å². The van der Waals surface area contributed by atoms with Crippen molar-refractivity contribution in [2.75, 3.05) is 32.7 Å². The highest BCUT2D eigenvalue weighted by atomic mass is 32.2. The highest BCUT2D eigenvalue weighted by molar-refractivity contribution is 7.89. The minimum Gasteiger partial charge on any atom is -0.360 e. The van der Waals surface area contributed by atoms with Gasteiger partial charge in [-0.3, -0.25) is 9.69 Å². The highest BCUT2D eigenvalue weighted by Crippen LogP contribution is 2.29. The number of rotatable bonds is 8. The number of hydrogen-bond donors (Lipinski definition) is 0. The number of aryl methyl sites for hydroxylation is 3. The Balaban J connectivity index is 1.35. The smallest absolute Gasteiger partial charge is 0.248 e. The van der Waals surface area contributed by atoms with Crippen LogP contribution in [0.1, 0.15) is 42.3 Å². The van der Waals surface area contributed by atoms with E-state index in [1.807, 2.05) is 0 Å². The molecule has 0 bridgehead atoms. The molecule has 1 aliphatic heterocycles. The minimum absolute atomic E-state index is 0.0662. The van der Waals surface area contributed by atoms with Crippen LogP contribution in [0, 0.1) is 13.8 Å². The Kier molecular flexibility index (Phi) is 6.69. The summed E-state index contributed by atoms with van der Waals surface area (Å²) in [6.45, 7) is 7.86. The topological polar surface area (TPSA) is 87.0 Å². The first kappa shape index (κ1) is 22.9. The zero-order chi connectivity index (χ0) is 22.9. The van der Waals surface area contributed by atoms with E-state index in [0.29, 0.717) is 37.1 Å². The Morgan fingerprint density at radius 3 is 2.25 bits per heavy atom. The van der Waals surface area contributed by atoms with Crippen molar-refractivity contribution in [1.82, 2.24) is 19.3 Å². The van der Waals surface area contributed by atoms with Gasteiger partial charge in [0.25, 0.3) is 0 Å². The summed E-state index contributed by atoms with van der Waals surface area (Å²) in [7, 11) is -3.67. The molecule has 1 aliphatic carbocycles. The Labute approximate surface area is 190 Å². The Hall–Kier alpha value is -2.23. The second-order valence-corrected chi connectivity index (χ2v) is 10.6. The van der Waals surface area contributed by atoms with E-state index in [-0.39, 0.29) is 23.9 Å². The number of nitrogens with zero attached hydrogens (tertiary/aromatic N) is 4. The number of carbonyl (C=O) groups excluding carboxylic acids is 1. The van der Waals surface area contributed by atoms with Gasteiger partial charge in [0.1, 0.15) is 10.6 Å². The molecule has 1 saturated heterocycles. The number of aromatic nitrogens is 1. The molecule has 0 radical (unpaired) electrons. The summed E-state index contributed by atoms with van der Waals surface area (Å²) in [5.74, 6) is 0.365. The maximum atomic E-state index is 13.0. The minimum atomic E-state index is -3.67. The average molecular weight is 461 g/mol. The van der Waals surface area contributed by atoms with Crippen molar-refractivity contribution in [2.24, 2.45) is 0 Å². The molecule has 1 saturated carbocycles. The van der Waals surface area contributed by atoms with Crippen molar-refractivity contribution in [3.63, 3.8) is 0 Å². The van der Waals surface area contributed by atoms with E-state index >= 15 is 0 Å². The van der Waals surface area contributed by atoms with Gasteiger partial charge in [0.05, 0.1) is 6.54 Å². The van der Waals surface area contributed by atoms with Crippen LogP contribution < -0.4 is 0 Å². The van der Waals surface area contributed by atoms with E-state index in [1.165, 1.54) is 15.4 Å². The molecule has 2 fully saturated rings. The number of piperazine rings is 1. The second kappa shape index (κ2) is 9.33. The fraction of sp³-hybridized carbons (Fsp3) is 0.565. The highest BCUT2D eigenvalue weighted by Gasteiger charge is 2.36. The summed E-state index contributed by atoms with van der Waals surface area (Å²) in [5.41, 5.74) is 2.90. The molecule has 174 valence electrons. The normalized spacial score (nSPS) is 17.8. The molecule has 2 aromatic rings. The molecular formula is C23H32N4O4S. The maximum Gasteiger partial charge on any atom is 0.248 e. The van der Waals surface area contributed by atoms with Crippen LogP contribution in [0.5, 0.6) is 0 Å². The zero-order valence-electron chi connectivity index (χ0n) is 19.1. The van der Waals surface area contributed by atoms with Gasteiger partial charge in [-0.1, -0.05) is 36.3 Å². The first-order chi connectivity index (χ1) is 15.3. The molecule has 1 amide bonds. The SMILES string of the molecule is CCc1ccc(CN(CC(=O)N2CCN(S(=O)(=O)c3c(C)noc3C)CC2)C2CC2)cc1. The van der Waals surface area contributed by atoms with Gasteiger partial charge in [-0.15, -0.1) is 0 Å². The van der Waals surface area contributed by atoms with Crippen LogP contribution in [0.25, 0.3) is 0 Å². The van der Waals surface area contributed by atoms with Crippen LogP contribution >= 0.6 is 0 Å². The van der Waals surface area contributed by atoms with Crippen molar-refractivity contribution in [3.8, 4) is 0 Å². The largest absolute Gasteiger partial charge is 0.360 e. The summed E-state index contributed by atoms with van der Waals surface area (Å²) in [4.78, 5) is 17.2. The van der Waals surface area contributed by atoms with Gasteiger partial charge in [0.2, 0.25) is 15.9 Å². The number of amides is 1. The van der Waals surface area contributed by atoms with E-state index in [0.717, 1.165) is 25.8 Å². The van der Waals surface area contributed by atoms with E-state index in [1.54, 1.807) is 18.7 Å². The Bertz CT molecular complexity index is 1030. The lowest BCUT2D eigenvalue weighted by molar-refractivity contribution is -0.133. The number of sulfonamides is 1. The van der Waals surface area contributed by atoms with Crippen LogP contribution in [0.15, 0.2) is 33.7 Å². The summed E-state index contributed by atoms with van der Waals surface area (Å²) in [6, 6.07) is 9.07. The maximum absolute atomic E-state index is 13.0. The number of carbonyl (C=O) groups is 1. The summed E-state index contributed by atoms with van der Waals surface area (Å²) < 4.78 is 32.5. The second-order valence-electron chi connectivity index (χ2n) is 8.74. The Morgan fingerprint density at radius 2 is 1.72 bits per heavy atom. The van der Waals surface area contributed by atoms with Crippen molar-refractivity contribution in [1.29, 1.82) is 0 Å². The number of hydrogen-bond acceptors (Lipinski definition) is 6. The van der Waals surface area contributed by atoms with E-state index < -0.39 is 10.0 Å². The van der Waals surface area contributed by atoms with E-state index in [4.69, 9.17) is 4.52 Å². The van der Waals surface area contributed by atoms with Gasteiger partial charge in [-0.05, 0) is 44.2 Å². The standard InChI is InChI=1S/C23H32N4O4S/c1-4-19-5-7-20(8-6-19)15-26(21-9-10-21)16-22(28)25-11-13-27(14-12-25)32(29,30)23-17(2)24-31-18(23)3/h5-8,21H,4,9-16H2,1-3H3. The fourth-order valence-corrected chi connectivity index (χ4v) is 6.01. The third-order valence-corrected chi connectivity index (χ3v) is 8.52. The van der Waals surface area contributed by atoms with Gasteiger partial charge in [-0.2, -0.15) is 4.31 Å². The molecule has 2 aliphatic rings. The first-order valence-electron chi connectivity index (χ1n) is 11.3. The van der Waals surface area contributed by atoms with Gasteiger partial charge in [0, 0.05) is 38.8 Å². The lowest BCUT2D eigenvalue weighted by atomic mass is 10.1. The van der Waals surface area contributed by atoms with Gasteiger partial charge in [-0.25, -0.2) is 8.42 Å². The van der Waals surface area contributed by atoms with Crippen molar-refractivity contribution < 1.29 is 17.7 Å². The predicted molar refractivity (Wildman–Crippen MR) is 121 cm³/mol. The van der Waals surface area contributed by atoms with E-state index in [2.05, 4.69) is 41.2 Å². The molecule has 1 aromatic carbocycles. The summed E-state index contributed by atoms with van der Waals surface area (Å²) >= 11 is 0. The molecule has 0 unspecified atom stereocenters. The molecule has 9 heteroatoms. The Morgan fingerprint density at radius 1 is 1.09 bits per heavy atom. The van der Waals surface area contributed by atoms with Crippen LogP contribution in [-0.2, 0) is 27.8 Å². The predicted octanol–water partition coefficient (Wildman–Crippen LogP) is 2.35. The molecule has 2 heterocycles. The molecule has 32 heavy (non-hydrogen) atoms. The molecule has 1 aromatic heterocycles. The lowest BCUT2D eigenvalue weighted by Gasteiger charge is -2.35. The summed E-state index contributed by atoms with van der Waals surface area (Å²) in [5, 5.41) is 3.77. The van der Waals surface area contributed by atoms with Crippen LogP contribution in [0.2, 0.25) is 0 Å². The molecule has 4 rings (SSSR count). The van der Waals surface area contributed by atoms with Gasteiger partial charge >= 0.3 is 0 Å². The van der Waals surface area contributed by atoms with Gasteiger partial charge in [0.15, 0.2) is 5.76 Å². The van der Waals surface area contributed by atoms with Crippen LogP contribution in [0.4, 0.5) is 0 Å². The zero-order valence-corrected chi connectivity index (χ0v) is 19.9. The number of benzene rings is 1. The summed E-state index contributed by atoms with van der Waals surface area (Å²) in [6.07, 6.45) is 3.27. The first-order valence-corrected chi connectivity index (χ1v) is 12.8. The molecular weight excluding hydrogens is 428 g/mol. The van der Waals surface area contributed by atoms with Crippen molar-refractivity contribution in [2.45, 2.75) is 57.5 Å². The third kappa shape index (κ3) is 4.89. The molecule has 0 atom stereocenters. The van der Waals surface area contributed by atoms with E-state index in [9.17, 15) is 13.2 Å². The van der Waals surface area contributed by atoms with Crippen molar-refractivity contribution in [3.05, 3.63) is 46.8 Å². The average Bonchev–Trinajstić information content (AvgIpc) is 3.58. The van der Waals surface area contributed by atoms with Crippen LogP contribution in [0.3, 0.4) is 0 Å². The monoisotopic (exact) mass is 460 g/mol.